The Morgan fingerprint density at radius 2 is 2.12 bits per heavy atom. The summed E-state index contributed by atoms with van der Waals surface area (Å²) in [6, 6.07) is 7.90. The van der Waals surface area contributed by atoms with Gasteiger partial charge in [-0.15, -0.1) is 0 Å². The molecule has 0 spiro atoms. The maximum Gasteiger partial charge on any atom is 0.313 e. The van der Waals surface area contributed by atoms with E-state index in [4.69, 9.17) is 14.6 Å². The minimum absolute atomic E-state index is 0.000234. The number of fused-ring (bicyclic) bond motifs is 1. The van der Waals surface area contributed by atoms with E-state index >= 15 is 0 Å². The van der Waals surface area contributed by atoms with E-state index in [1.165, 1.54) is 7.11 Å². The predicted octanol–water partition coefficient (Wildman–Crippen LogP) is 2.08. The largest absolute Gasteiger partial charge is 0.491 e. The molecular formula is C19H27NO4. The highest BCUT2D eigenvalue weighted by Gasteiger charge is 2.67. The van der Waals surface area contributed by atoms with E-state index in [1.54, 1.807) is 0 Å². The third-order valence-electron chi connectivity index (χ3n) is 5.64. The number of hydrogen-bond acceptors (Lipinski definition) is 5. The Morgan fingerprint density at radius 1 is 1.38 bits per heavy atom. The maximum absolute atomic E-state index is 12.4. The van der Waals surface area contributed by atoms with Crippen LogP contribution in [0.1, 0.15) is 25.8 Å². The van der Waals surface area contributed by atoms with Gasteiger partial charge in [-0.05, 0) is 23.8 Å². The lowest BCUT2D eigenvalue weighted by Crippen LogP contribution is -2.57. The van der Waals surface area contributed by atoms with E-state index in [0.717, 1.165) is 37.4 Å². The van der Waals surface area contributed by atoms with Crippen molar-refractivity contribution in [2.45, 2.75) is 26.8 Å². The Morgan fingerprint density at radius 3 is 2.79 bits per heavy atom. The first-order valence-corrected chi connectivity index (χ1v) is 8.55. The fourth-order valence-corrected chi connectivity index (χ4v) is 4.76. The number of carbonyl (C=O) groups is 1. The van der Waals surface area contributed by atoms with Gasteiger partial charge in [0, 0.05) is 25.2 Å². The molecule has 0 bridgehead atoms. The Bertz CT molecular complexity index is 615. The molecule has 24 heavy (non-hydrogen) atoms. The van der Waals surface area contributed by atoms with Crippen molar-refractivity contribution < 1.29 is 19.4 Å². The summed E-state index contributed by atoms with van der Waals surface area (Å²) in [4.78, 5) is 14.7. The number of aliphatic hydroxyl groups is 1. The van der Waals surface area contributed by atoms with Crippen LogP contribution in [-0.4, -0.2) is 49.4 Å². The SMILES string of the molecule is COC(=O)[C@@]12CN(Cc3ccccc3OCCO)C[C@@H]1C(C)(C)C2. The number of esters is 1. The Balaban J connectivity index is 1.75. The summed E-state index contributed by atoms with van der Waals surface area (Å²) in [5.74, 6) is 1.07. The molecule has 0 aromatic heterocycles. The van der Waals surface area contributed by atoms with Gasteiger partial charge in [0.15, 0.2) is 0 Å². The Hall–Kier alpha value is -1.59. The number of carbonyl (C=O) groups excluding carboxylic acids is 1. The van der Waals surface area contributed by atoms with Crippen LogP contribution < -0.4 is 4.74 Å². The van der Waals surface area contributed by atoms with Crippen LogP contribution in [0.2, 0.25) is 0 Å². The molecule has 1 aromatic carbocycles. The van der Waals surface area contributed by atoms with Gasteiger partial charge in [-0.3, -0.25) is 9.69 Å². The van der Waals surface area contributed by atoms with Crippen molar-refractivity contribution in [2.75, 3.05) is 33.4 Å². The van der Waals surface area contributed by atoms with E-state index in [0.29, 0.717) is 12.5 Å². The second kappa shape index (κ2) is 6.37. The number of para-hydroxylation sites is 1. The summed E-state index contributed by atoms with van der Waals surface area (Å²) in [6.07, 6.45) is 0.885. The fraction of sp³-hybridized carbons (Fsp3) is 0.632. The molecule has 1 saturated heterocycles. The second-order valence-electron chi connectivity index (χ2n) is 7.72. The molecule has 1 aliphatic heterocycles. The number of methoxy groups -OCH3 is 1. The van der Waals surface area contributed by atoms with Crippen molar-refractivity contribution in [1.82, 2.24) is 4.90 Å². The average Bonchev–Trinajstić information content (AvgIpc) is 2.88. The van der Waals surface area contributed by atoms with E-state index in [9.17, 15) is 4.79 Å². The van der Waals surface area contributed by atoms with E-state index in [2.05, 4.69) is 18.7 Å². The van der Waals surface area contributed by atoms with Crippen molar-refractivity contribution in [3.63, 3.8) is 0 Å². The summed E-state index contributed by atoms with van der Waals surface area (Å²) < 4.78 is 10.7. The van der Waals surface area contributed by atoms with Crippen molar-refractivity contribution in [3.8, 4) is 5.75 Å². The lowest BCUT2D eigenvalue weighted by molar-refractivity contribution is -0.174. The molecule has 1 N–H and O–H groups in total. The van der Waals surface area contributed by atoms with Crippen LogP contribution in [0.4, 0.5) is 0 Å². The fourth-order valence-electron chi connectivity index (χ4n) is 4.76. The minimum Gasteiger partial charge on any atom is -0.491 e. The molecular weight excluding hydrogens is 306 g/mol. The number of ether oxygens (including phenoxy) is 2. The lowest BCUT2D eigenvalue weighted by atomic mass is 9.48. The number of rotatable bonds is 6. The molecule has 1 aliphatic carbocycles. The summed E-state index contributed by atoms with van der Waals surface area (Å²) >= 11 is 0. The van der Waals surface area contributed by atoms with Crippen molar-refractivity contribution in [3.05, 3.63) is 29.8 Å². The van der Waals surface area contributed by atoms with Gasteiger partial charge >= 0.3 is 5.97 Å². The molecule has 1 aromatic rings. The van der Waals surface area contributed by atoms with Gasteiger partial charge in [0.2, 0.25) is 0 Å². The molecule has 2 fully saturated rings. The van der Waals surface area contributed by atoms with Gasteiger partial charge in [0.25, 0.3) is 0 Å². The molecule has 5 nitrogen and oxygen atoms in total. The van der Waals surface area contributed by atoms with Gasteiger partial charge in [-0.1, -0.05) is 32.0 Å². The van der Waals surface area contributed by atoms with E-state index in [-0.39, 0.29) is 23.4 Å². The molecule has 132 valence electrons. The van der Waals surface area contributed by atoms with Crippen molar-refractivity contribution in [1.29, 1.82) is 0 Å². The molecule has 1 heterocycles. The number of aliphatic hydroxyl groups excluding tert-OH is 1. The normalized spacial score (nSPS) is 28.1. The first-order valence-electron chi connectivity index (χ1n) is 8.55. The topological polar surface area (TPSA) is 59.0 Å². The van der Waals surface area contributed by atoms with Crippen molar-refractivity contribution >= 4 is 5.97 Å². The predicted molar refractivity (Wildman–Crippen MR) is 90.6 cm³/mol. The Kier molecular flexibility index (Phi) is 4.58. The van der Waals surface area contributed by atoms with Crippen molar-refractivity contribution in [2.24, 2.45) is 16.7 Å². The van der Waals surface area contributed by atoms with Crippen LogP contribution in [0.5, 0.6) is 5.75 Å². The zero-order valence-corrected chi connectivity index (χ0v) is 14.7. The van der Waals surface area contributed by atoms with Gasteiger partial charge in [0.05, 0.1) is 19.1 Å². The third-order valence-corrected chi connectivity index (χ3v) is 5.64. The minimum atomic E-state index is -0.348. The highest BCUT2D eigenvalue weighted by atomic mass is 16.5. The van der Waals surface area contributed by atoms with Crippen LogP contribution in [-0.2, 0) is 16.1 Å². The lowest BCUT2D eigenvalue weighted by Gasteiger charge is -2.54. The maximum atomic E-state index is 12.4. The number of nitrogens with zero attached hydrogens (tertiary/aromatic N) is 1. The van der Waals surface area contributed by atoms with Crippen LogP contribution >= 0.6 is 0 Å². The van der Waals surface area contributed by atoms with Crippen LogP contribution in [0.25, 0.3) is 0 Å². The molecule has 2 aliphatic rings. The van der Waals surface area contributed by atoms with Gasteiger partial charge in [-0.2, -0.15) is 0 Å². The highest BCUT2D eigenvalue weighted by Crippen LogP contribution is 2.63. The molecule has 3 rings (SSSR count). The molecule has 1 saturated carbocycles. The van der Waals surface area contributed by atoms with Gasteiger partial charge in [-0.25, -0.2) is 0 Å². The zero-order valence-electron chi connectivity index (χ0n) is 14.7. The quantitative estimate of drug-likeness (QED) is 0.808. The second-order valence-corrected chi connectivity index (χ2v) is 7.72. The van der Waals surface area contributed by atoms with E-state index in [1.807, 2.05) is 24.3 Å². The molecule has 0 radical (unpaired) electrons. The molecule has 0 unspecified atom stereocenters. The average molecular weight is 333 g/mol. The first-order chi connectivity index (χ1) is 11.4. The zero-order chi connectivity index (χ0) is 17.4. The number of benzene rings is 1. The summed E-state index contributed by atoms with van der Waals surface area (Å²) in [7, 11) is 1.49. The first kappa shape index (κ1) is 17.2. The smallest absolute Gasteiger partial charge is 0.313 e. The summed E-state index contributed by atoms with van der Waals surface area (Å²) in [5, 5.41) is 8.97. The van der Waals surface area contributed by atoms with Crippen LogP contribution in [0.15, 0.2) is 24.3 Å². The monoisotopic (exact) mass is 333 g/mol. The van der Waals surface area contributed by atoms with Gasteiger partial charge in [0.1, 0.15) is 12.4 Å². The standard InChI is InChI=1S/C19H27NO4/c1-18(2)12-19(17(22)23-3)13-20(11-16(18)19)10-14-6-4-5-7-15(14)24-9-8-21/h4-7,16,21H,8-13H2,1-3H3/t16-,19+/m1/s1. The molecule has 0 amide bonds. The number of likely N-dealkylation sites (tertiary alicyclic amines) is 1. The highest BCUT2D eigenvalue weighted by molar-refractivity contribution is 5.80. The van der Waals surface area contributed by atoms with E-state index < -0.39 is 0 Å². The number of hydrogen-bond donors (Lipinski definition) is 1. The molecule has 5 heteroatoms. The summed E-state index contributed by atoms with van der Waals surface area (Å²) in [6.45, 7) is 7.14. The third kappa shape index (κ3) is 2.80. The van der Waals surface area contributed by atoms with Gasteiger partial charge < -0.3 is 14.6 Å². The van der Waals surface area contributed by atoms with Crippen LogP contribution in [0, 0.1) is 16.7 Å². The Labute approximate surface area is 143 Å². The molecule has 2 atom stereocenters. The van der Waals surface area contributed by atoms with Crippen LogP contribution in [0.3, 0.4) is 0 Å². The summed E-state index contributed by atoms with van der Waals surface area (Å²) in [5.41, 5.74) is 0.916.